The molecule has 0 spiro atoms. The van der Waals surface area contributed by atoms with Crippen LogP contribution in [0.2, 0.25) is 0 Å². The summed E-state index contributed by atoms with van der Waals surface area (Å²) < 4.78 is 24.1. The third-order valence-electron chi connectivity index (χ3n) is 7.52. The molecule has 238 valence electrons. The van der Waals surface area contributed by atoms with Gasteiger partial charge in [-0.25, -0.2) is 4.98 Å². The van der Waals surface area contributed by atoms with Gasteiger partial charge in [-0.15, -0.1) is 0 Å². The van der Waals surface area contributed by atoms with Crippen molar-refractivity contribution in [3.63, 3.8) is 0 Å². The van der Waals surface area contributed by atoms with E-state index in [2.05, 4.69) is 4.98 Å². The van der Waals surface area contributed by atoms with Crippen LogP contribution in [0.1, 0.15) is 49.3 Å². The number of oxazole rings is 1. The van der Waals surface area contributed by atoms with Crippen LogP contribution in [0.3, 0.4) is 0 Å². The van der Waals surface area contributed by atoms with Gasteiger partial charge in [-0.05, 0) is 75.4 Å². The van der Waals surface area contributed by atoms with Crippen molar-refractivity contribution in [1.82, 2.24) is 14.8 Å². The van der Waals surface area contributed by atoms with Gasteiger partial charge < -0.3 is 18.6 Å². The Balaban J connectivity index is 1.24. The molecule has 0 saturated carbocycles. The van der Waals surface area contributed by atoms with E-state index in [1.54, 1.807) is 13.8 Å². The molecule has 3 aromatic carbocycles. The number of esters is 2. The van der Waals surface area contributed by atoms with Gasteiger partial charge in [0.2, 0.25) is 5.89 Å². The summed E-state index contributed by atoms with van der Waals surface area (Å²) in [4.78, 5) is 29.5. The molecule has 5 aromatic rings. The lowest BCUT2D eigenvalue weighted by Crippen LogP contribution is -2.28. The molecule has 46 heavy (non-hydrogen) atoms. The minimum atomic E-state index is -0.935. The lowest BCUT2D eigenvalue weighted by Gasteiger charge is -2.14. The van der Waals surface area contributed by atoms with Gasteiger partial charge in [0.25, 0.3) is 0 Å². The Kier molecular flexibility index (Phi) is 11.0. The summed E-state index contributed by atoms with van der Waals surface area (Å²) in [6.07, 6.45) is 3.60. The SMILES string of the molecule is CCOC(=O)C(CCCc1cn(Cc2ccc(OCc3nc(-c4ccccc4)oc3C)cc2)nc1-c1ccccc1)C(=O)OCC. The number of hydrogen-bond acceptors (Lipinski definition) is 8. The highest BCUT2D eigenvalue weighted by molar-refractivity contribution is 5.94. The Labute approximate surface area is 269 Å². The van der Waals surface area contributed by atoms with Crippen molar-refractivity contribution in [2.24, 2.45) is 5.92 Å². The van der Waals surface area contributed by atoms with E-state index in [9.17, 15) is 9.59 Å². The molecule has 0 radical (unpaired) electrons. The molecule has 0 aliphatic rings. The third kappa shape index (κ3) is 8.29. The molecule has 9 nitrogen and oxygen atoms in total. The summed E-state index contributed by atoms with van der Waals surface area (Å²) in [6, 6.07) is 27.7. The predicted octanol–water partition coefficient (Wildman–Crippen LogP) is 7.21. The van der Waals surface area contributed by atoms with Crippen LogP contribution in [-0.2, 0) is 38.6 Å². The second kappa shape index (κ2) is 15.7. The van der Waals surface area contributed by atoms with Crippen molar-refractivity contribution in [3.8, 4) is 28.5 Å². The third-order valence-corrected chi connectivity index (χ3v) is 7.52. The number of rotatable bonds is 15. The Bertz CT molecular complexity index is 1690. The first-order valence-electron chi connectivity index (χ1n) is 15.6. The molecule has 2 aromatic heterocycles. The maximum atomic E-state index is 12.4. The molecule has 0 atom stereocenters. The zero-order valence-electron chi connectivity index (χ0n) is 26.5. The van der Waals surface area contributed by atoms with Crippen molar-refractivity contribution in [3.05, 3.63) is 114 Å². The van der Waals surface area contributed by atoms with Gasteiger partial charge in [-0.1, -0.05) is 60.7 Å². The summed E-state index contributed by atoms with van der Waals surface area (Å²) in [5.74, 6) is 0.0296. The van der Waals surface area contributed by atoms with Gasteiger partial charge in [-0.3, -0.25) is 14.3 Å². The molecule has 0 amide bonds. The molecule has 0 bridgehead atoms. The molecule has 0 saturated heterocycles. The summed E-state index contributed by atoms with van der Waals surface area (Å²) in [7, 11) is 0. The number of nitrogens with zero attached hydrogens (tertiary/aromatic N) is 3. The van der Waals surface area contributed by atoms with Crippen molar-refractivity contribution in [1.29, 1.82) is 0 Å². The van der Waals surface area contributed by atoms with Gasteiger partial charge in [0, 0.05) is 17.3 Å². The highest BCUT2D eigenvalue weighted by atomic mass is 16.6. The molecule has 2 heterocycles. The molecule has 5 rings (SSSR count). The molecule has 0 fully saturated rings. The van der Waals surface area contributed by atoms with E-state index in [4.69, 9.17) is 23.7 Å². The molecule has 0 aliphatic heterocycles. The monoisotopic (exact) mass is 621 g/mol. The molecular weight excluding hydrogens is 582 g/mol. The standard InChI is InChI=1S/C37H39N3O6/c1-4-43-36(41)32(37(42)44-5-2)18-12-17-30-24-40(39-34(30)28-13-8-6-9-14-28)23-27-19-21-31(22-20-27)45-25-33-26(3)46-35(38-33)29-15-10-7-11-16-29/h6-11,13-16,19-22,24,32H,4-5,12,17-18,23,25H2,1-3H3. The molecular formula is C37H39N3O6. The number of hydrogen-bond donors (Lipinski definition) is 0. The van der Waals surface area contributed by atoms with E-state index < -0.39 is 17.9 Å². The first-order chi connectivity index (χ1) is 22.4. The number of carbonyl (C=O) groups is 2. The van der Waals surface area contributed by atoms with Crippen LogP contribution < -0.4 is 4.74 Å². The lowest BCUT2D eigenvalue weighted by atomic mass is 9.98. The Morgan fingerprint density at radius 3 is 2.11 bits per heavy atom. The van der Waals surface area contributed by atoms with Gasteiger partial charge in [-0.2, -0.15) is 5.10 Å². The zero-order chi connectivity index (χ0) is 32.3. The Morgan fingerprint density at radius 2 is 1.48 bits per heavy atom. The van der Waals surface area contributed by atoms with E-state index in [0.29, 0.717) is 38.3 Å². The highest BCUT2D eigenvalue weighted by Gasteiger charge is 2.29. The minimum Gasteiger partial charge on any atom is -0.487 e. The fourth-order valence-corrected chi connectivity index (χ4v) is 5.18. The van der Waals surface area contributed by atoms with Crippen molar-refractivity contribution in [2.45, 2.75) is 53.2 Å². The average Bonchev–Trinajstić information content (AvgIpc) is 3.66. The quantitative estimate of drug-likeness (QED) is 0.0892. The number of carbonyl (C=O) groups excluding carboxylic acids is 2. The van der Waals surface area contributed by atoms with Gasteiger partial charge in [0.15, 0.2) is 5.92 Å². The van der Waals surface area contributed by atoms with Crippen molar-refractivity contribution < 1.29 is 28.2 Å². The average molecular weight is 622 g/mol. The van der Waals surface area contributed by atoms with Crippen molar-refractivity contribution >= 4 is 11.9 Å². The summed E-state index contributed by atoms with van der Waals surface area (Å²) >= 11 is 0. The molecule has 9 heteroatoms. The zero-order valence-corrected chi connectivity index (χ0v) is 26.5. The Morgan fingerprint density at radius 1 is 0.848 bits per heavy atom. The van der Waals surface area contributed by atoms with E-state index >= 15 is 0 Å². The smallest absolute Gasteiger partial charge is 0.320 e. The topological polar surface area (TPSA) is 106 Å². The summed E-state index contributed by atoms with van der Waals surface area (Å²) in [5, 5.41) is 4.92. The van der Waals surface area contributed by atoms with Gasteiger partial charge in [0.1, 0.15) is 23.8 Å². The first kappa shape index (κ1) is 32.2. The molecule has 0 unspecified atom stereocenters. The minimum absolute atomic E-state index is 0.212. The summed E-state index contributed by atoms with van der Waals surface area (Å²) in [5.41, 5.74) is 5.67. The largest absolute Gasteiger partial charge is 0.487 e. The van der Waals surface area contributed by atoms with Crippen LogP contribution in [0.4, 0.5) is 0 Å². The first-order valence-corrected chi connectivity index (χ1v) is 15.6. The second-order valence-electron chi connectivity index (χ2n) is 10.8. The van der Waals surface area contributed by atoms with E-state index in [-0.39, 0.29) is 13.2 Å². The van der Waals surface area contributed by atoms with Gasteiger partial charge >= 0.3 is 11.9 Å². The van der Waals surface area contributed by atoms with Crippen LogP contribution in [0.15, 0.2) is 95.5 Å². The number of ether oxygens (including phenoxy) is 3. The van der Waals surface area contributed by atoms with Crippen LogP contribution in [0, 0.1) is 12.8 Å². The van der Waals surface area contributed by atoms with Crippen LogP contribution in [0.25, 0.3) is 22.7 Å². The molecule has 0 N–H and O–H groups in total. The summed E-state index contributed by atoms with van der Waals surface area (Å²) in [6.45, 7) is 6.63. The maximum absolute atomic E-state index is 12.4. The number of aryl methyl sites for hydroxylation is 2. The van der Waals surface area contributed by atoms with Crippen molar-refractivity contribution in [2.75, 3.05) is 13.2 Å². The fourth-order valence-electron chi connectivity index (χ4n) is 5.18. The lowest BCUT2D eigenvalue weighted by molar-refractivity contribution is -0.161. The maximum Gasteiger partial charge on any atom is 0.320 e. The Hall–Kier alpha value is -5.18. The predicted molar refractivity (Wildman–Crippen MR) is 174 cm³/mol. The van der Waals surface area contributed by atoms with Gasteiger partial charge in [0.05, 0.1) is 25.5 Å². The van der Waals surface area contributed by atoms with Crippen LogP contribution >= 0.6 is 0 Å². The molecule has 0 aliphatic carbocycles. The fraction of sp³-hybridized carbons (Fsp3) is 0.297. The van der Waals surface area contributed by atoms with E-state index in [1.165, 1.54) is 0 Å². The van der Waals surface area contributed by atoms with Crippen LogP contribution in [-0.4, -0.2) is 39.9 Å². The normalized spacial score (nSPS) is 11.0. The number of benzene rings is 3. The second-order valence-corrected chi connectivity index (χ2v) is 10.8. The van der Waals surface area contributed by atoms with Crippen LogP contribution in [0.5, 0.6) is 5.75 Å². The van der Waals surface area contributed by atoms with E-state index in [1.807, 2.05) is 103 Å². The van der Waals surface area contributed by atoms with E-state index in [0.717, 1.165) is 45.2 Å². The highest BCUT2D eigenvalue weighted by Crippen LogP contribution is 2.26. The number of aromatic nitrogens is 3.